The van der Waals surface area contributed by atoms with Crippen LogP contribution in [0.25, 0.3) is 0 Å². The maximum absolute atomic E-state index is 10.7. The molecule has 0 aliphatic rings. The minimum Gasteiger partial charge on any atom is -0.344 e. The average Bonchev–Trinajstić information content (AvgIpc) is 2.47. The lowest BCUT2D eigenvalue weighted by molar-refractivity contribution is -0.384. The van der Waals surface area contributed by atoms with Crippen molar-refractivity contribution in [1.82, 2.24) is 4.90 Å². The van der Waals surface area contributed by atoms with Crippen molar-refractivity contribution in [1.29, 1.82) is 0 Å². The van der Waals surface area contributed by atoms with Crippen molar-refractivity contribution in [2.75, 3.05) is 5.32 Å². The first-order valence-corrected chi connectivity index (χ1v) is 7.65. The Morgan fingerprint density at radius 2 is 1.71 bits per heavy atom. The molecule has 2 atom stereocenters. The Balaban J connectivity index is 2.83. The number of nitro benzene ring substituents is 1. The second kappa shape index (κ2) is 7.93. The fourth-order valence-corrected chi connectivity index (χ4v) is 2.56. The van der Waals surface area contributed by atoms with Crippen LogP contribution >= 0.6 is 12.2 Å². The topological polar surface area (TPSA) is 58.4 Å². The van der Waals surface area contributed by atoms with Crippen molar-refractivity contribution in [3.63, 3.8) is 0 Å². The van der Waals surface area contributed by atoms with Crippen LogP contribution in [0.4, 0.5) is 11.4 Å². The van der Waals surface area contributed by atoms with E-state index in [1.54, 1.807) is 12.1 Å². The maximum atomic E-state index is 10.7. The van der Waals surface area contributed by atoms with Gasteiger partial charge in [-0.25, -0.2) is 0 Å². The molecule has 0 heterocycles. The normalized spacial score (nSPS) is 13.3. The van der Waals surface area contributed by atoms with Crippen LogP contribution in [0.2, 0.25) is 0 Å². The summed E-state index contributed by atoms with van der Waals surface area (Å²) in [6, 6.07) is 6.99. The molecule has 0 aliphatic carbocycles. The Hall–Kier alpha value is -1.69. The highest BCUT2D eigenvalue weighted by Gasteiger charge is 2.20. The number of benzene rings is 1. The summed E-state index contributed by atoms with van der Waals surface area (Å²) >= 11 is 5.51. The zero-order valence-electron chi connectivity index (χ0n) is 13.0. The van der Waals surface area contributed by atoms with Gasteiger partial charge in [0.25, 0.3) is 5.69 Å². The van der Waals surface area contributed by atoms with E-state index in [2.05, 4.69) is 37.9 Å². The Labute approximate surface area is 131 Å². The Morgan fingerprint density at radius 3 is 2.10 bits per heavy atom. The van der Waals surface area contributed by atoms with E-state index >= 15 is 0 Å². The van der Waals surface area contributed by atoms with Gasteiger partial charge in [-0.3, -0.25) is 10.1 Å². The molecule has 0 aromatic heterocycles. The molecule has 5 nitrogen and oxygen atoms in total. The molecule has 1 rings (SSSR count). The monoisotopic (exact) mass is 309 g/mol. The van der Waals surface area contributed by atoms with Crippen molar-refractivity contribution in [2.24, 2.45) is 0 Å². The number of non-ortho nitro benzene ring substituents is 1. The molecule has 6 heteroatoms. The number of nitro groups is 1. The third kappa shape index (κ3) is 4.67. The third-order valence-corrected chi connectivity index (χ3v) is 4.01. The molecule has 0 aliphatic heterocycles. The van der Waals surface area contributed by atoms with Gasteiger partial charge in [0.05, 0.1) is 4.92 Å². The number of nitrogens with one attached hydrogen (secondary N) is 1. The Kier molecular flexibility index (Phi) is 6.55. The molecule has 116 valence electrons. The van der Waals surface area contributed by atoms with Crippen LogP contribution in [0, 0.1) is 10.1 Å². The van der Waals surface area contributed by atoms with Crippen LogP contribution in [0.5, 0.6) is 0 Å². The average molecular weight is 309 g/mol. The summed E-state index contributed by atoms with van der Waals surface area (Å²) < 4.78 is 0. The quantitative estimate of drug-likeness (QED) is 0.485. The van der Waals surface area contributed by atoms with Crippen LogP contribution in [0.3, 0.4) is 0 Å². The molecule has 21 heavy (non-hydrogen) atoms. The summed E-state index contributed by atoms with van der Waals surface area (Å²) in [4.78, 5) is 12.4. The van der Waals surface area contributed by atoms with Gasteiger partial charge in [-0.05, 0) is 51.0 Å². The fourth-order valence-electron chi connectivity index (χ4n) is 2.08. The molecule has 0 fully saturated rings. The van der Waals surface area contributed by atoms with Gasteiger partial charge in [0.1, 0.15) is 0 Å². The molecule has 0 bridgehead atoms. The second-order valence-electron chi connectivity index (χ2n) is 5.16. The maximum Gasteiger partial charge on any atom is 0.269 e. The van der Waals surface area contributed by atoms with Crippen molar-refractivity contribution in [3.05, 3.63) is 34.4 Å². The molecular formula is C15H23N3O2S. The molecular weight excluding hydrogens is 286 g/mol. The zero-order chi connectivity index (χ0) is 16.0. The molecule has 1 aromatic carbocycles. The van der Waals surface area contributed by atoms with E-state index in [0.717, 1.165) is 18.5 Å². The van der Waals surface area contributed by atoms with Gasteiger partial charge in [0.15, 0.2) is 5.11 Å². The van der Waals surface area contributed by atoms with E-state index in [1.807, 2.05) is 0 Å². The molecule has 0 amide bonds. The van der Waals surface area contributed by atoms with Gasteiger partial charge in [-0.15, -0.1) is 0 Å². The van der Waals surface area contributed by atoms with Crippen LogP contribution in [0.1, 0.15) is 40.5 Å². The first kappa shape index (κ1) is 17.4. The smallest absolute Gasteiger partial charge is 0.269 e. The number of hydrogen-bond acceptors (Lipinski definition) is 3. The summed E-state index contributed by atoms with van der Waals surface area (Å²) in [6.45, 7) is 8.56. The number of rotatable bonds is 6. The first-order valence-electron chi connectivity index (χ1n) is 7.24. The van der Waals surface area contributed by atoms with Crippen molar-refractivity contribution in [3.8, 4) is 0 Å². The molecule has 0 spiro atoms. The molecule has 0 saturated carbocycles. The summed E-state index contributed by atoms with van der Waals surface area (Å²) in [5, 5.41) is 14.5. The van der Waals surface area contributed by atoms with Crippen LogP contribution in [0.15, 0.2) is 24.3 Å². The number of hydrogen-bond donors (Lipinski definition) is 1. The van der Waals surface area contributed by atoms with Crippen molar-refractivity contribution >= 4 is 28.7 Å². The summed E-state index contributed by atoms with van der Waals surface area (Å²) in [6.07, 6.45) is 2.01. The highest BCUT2D eigenvalue weighted by atomic mass is 32.1. The van der Waals surface area contributed by atoms with Gasteiger partial charge in [0.2, 0.25) is 0 Å². The minimum absolute atomic E-state index is 0.0761. The molecule has 0 saturated heterocycles. The summed E-state index contributed by atoms with van der Waals surface area (Å²) in [5.74, 6) is 0. The molecule has 2 unspecified atom stereocenters. The third-order valence-electron chi connectivity index (χ3n) is 3.70. The van der Waals surface area contributed by atoms with Gasteiger partial charge < -0.3 is 10.2 Å². The SMILES string of the molecule is CCC(C)N(C(=S)Nc1ccc([N+](=O)[O-])cc1)C(C)CC. The van der Waals surface area contributed by atoms with E-state index in [-0.39, 0.29) is 5.69 Å². The first-order chi connectivity index (χ1) is 9.90. The van der Waals surface area contributed by atoms with E-state index in [1.165, 1.54) is 12.1 Å². The van der Waals surface area contributed by atoms with Crippen LogP contribution in [-0.4, -0.2) is 27.0 Å². The van der Waals surface area contributed by atoms with E-state index in [4.69, 9.17) is 12.2 Å². The fraction of sp³-hybridized carbons (Fsp3) is 0.533. The minimum atomic E-state index is -0.410. The van der Waals surface area contributed by atoms with E-state index in [9.17, 15) is 10.1 Å². The predicted octanol–water partition coefficient (Wildman–Crippen LogP) is 4.19. The Morgan fingerprint density at radius 1 is 1.24 bits per heavy atom. The van der Waals surface area contributed by atoms with Gasteiger partial charge in [0, 0.05) is 29.9 Å². The molecule has 1 N–H and O–H groups in total. The van der Waals surface area contributed by atoms with Crippen LogP contribution < -0.4 is 5.32 Å². The largest absolute Gasteiger partial charge is 0.344 e. The molecule has 1 aromatic rings. The number of anilines is 1. The lowest BCUT2D eigenvalue weighted by Crippen LogP contribution is -2.46. The van der Waals surface area contributed by atoms with Crippen molar-refractivity contribution < 1.29 is 4.92 Å². The van der Waals surface area contributed by atoms with E-state index in [0.29, 0.717) is 17.2 Å². The Bertz CT molecular complexity index is 480. The molecule has 0 radical (unpaired) electrons. The lowest BCUT2D eigenvalue weighted by Gasteiger charge is -2.36. The van der Waals surface area contributed by atoms with Crippen LogP contribution in [-0.2, 0) is 0 Å². The summed E-state index contributed by atoms with van der Waals surface area (Å²) in [7, 11) is 0. The highest BCUT2D eigenvalue weighted by Crippen LogP contribution is 2.18. The number of thiocarbonyl (C=S) groups is 1. The summed E-state index contributed by atoms with van der Waals surface area (Å²) in [5.41, 5.74) is 0.842. The predicted molar refractivity (Wildman–Crippen MR) is 90.7 cm³/mol. The highest BCUT2D eigenvalue weighted by molar-refractivity contribution is 7.80. The zero-order valence-corrected chi connectivity index (χ0v) is 13.8. The second-order valence-corrected chi connectivity index (χ2v) is 5.54. The standard InChI is InChI=1S/C15H23N3O2S/c1-5-11(3)17(12(4)6-2)15(21)16-13-7-9-14(10-8-13)18(19)20/h7-12H,5-6H2,1-4H3,(H,16,21). The van der Waals surface area contributed by atoms with Gasteiger partial charge >= 0.3 is 0 Å². The van der Waals surface area contributed by atoms with Gasteiger partial charge in [-0.1, -0.05) is 13.8 Å². The van der Waals surface area contributed by atoms with Gasteiger partial charge in [-0.2, -0.15) is 0 Å². The van der Waals surface area contributed by atoms with Crippen molar-refractivity contribution in [2.45, 2.75) is 52.6 Å². The van der Waals surface area contributed by atoms with E-state index < -0.39 is 4.92 Å². The lowest BCUT2D eigenvalue weighted by atomic mass is 10.1. The number of nitrogens with zero attached hydrogens (tertiary/aromatic N) is 2.